The number of hydrogen-bond acceptors (Lipinski definition) is 2. The normalized spacial score (nSPS) is 17.5. The summed E-state index contributed by atoms with van der Waals surface area (Å²) in [7, 11) is 0.493. The Morgan fingerprint density at radius 3 is 2.08 bits per heavy atom. The van der Waals surface area contributed by atoms with Crippen LogP contribution in [0.4, 0.5) is 0 Å². The first-order valence-electron chi connectivity index (χ1n) is 8.72. The lowest BCUT2D eigenvalue weighted by molar-refractivity contribution is 0.357. The van der Waals surface area contributed by atoms with Crippen molar-refractivity contribution in [3.8, 4) is 11.1 Å². The number of aromatic nitrogens is 2. The number of nitrogens with one attached hydrogen (secondary N) is 1. The van der Waals surface area contributed by atoms with Gasteiger partial charge in [-0.1, -0.05) is 58.4 Å². The van der Waals surface area contributed by atoms with E-state index in [0.29, 0.717) is 0 Å². The summed E-state index contributed by atoms with van der Waals surface area (Å²) < 4.78 is 0. The molecule has 0 spiro atoms. The zero-order valence-corrected chi connectivity index (χ0v) is 16.1. The van der Waals surface area contributed by atoms with Gasteiger partial charge in [0.25, 0.3) is 0 Å². The van der Waals surface area contributed by atoms with Crippen molar-refractivity contribution in [1.82, 2.24) is 15.1 Å². The van der Waals surface area contributed by atoms with Gasteiger partial charge in [-0.25, -0.2) is 0 Å². The summed E-state index contributed by atoms with van der Waals surface area (Å²) in [5.74, 6) is 0. The Kier molecular flexibility index (Phi) is 4.50. The van der Waals surface area contributed by atoms with Crippen LogP contribution in [0.2, 0.25) is 17.1 Å². The standard InChI is InChI=1S/C20H22ClN3Si/c1-24-10-12-25(13-11-24,20-8-4-18(21)5-9-20)19-6-2-16(3-7-19)17-14-22-23-15-17/h2-9,14-15H,10-13H2,1H3,(H,22,23). The molecule has 5 heteroatoms. The Morgan fingerprint density at radius 1 is 0.920 bits per heavy atom. The molecule has 1 N–H and O–H groups in total. The van der Waals surface area contributed by atoms with Crippen molar-refractivity contribution in [2.24, 2.45) is 0 Å². The fraction of sp³-hybridized carbons (Fsp3) is 0.250. The molecule has 0 radical (unpaired) electrons. The van der Waals surface area contributed by atoms with Crippen LogP contribution in [0.3, 0.4) is 0 Å². The molecule has 3 aromatic rings. The van der Waals surface area contributed by atoms with Gasteiger partial charge in [-0.3, -0.25) is 5.10 Å². The molecule has 0 saturated carbocycles. The summed E-state index contributed by atoms with van der Waals surface area (Å²) in [6, 6.07) is 20.3. The summed E-state index contributed by atoms with van der Waals surface area (Å²) in [5.41, 5.74) is 2.35. The zero-order valence-electron chi connectivity index (χ0n) is 14.4. The second kappa shape index (κ2) is 6.79. The van der Waals surface area contributed by atoms with E-state index in [1.807, 2.05) is 24.5 Å². The number of halogens is 1. The summed E-state index contributed by atoms with van der Waals surface area (Å²) in [6.07, 6.45) is 3.81. The van der Waals surface area contributed by atoms with Crippen molar-refractivity contribution in [2.45, 2.75) is 12.1 Å². The number of rotatable bonds is 3. The monoisotopic (exact) mass is 367 g/mol. The van der Waals surface area contributed by atoms with E-state index in [-0.39, 0.29) is 0 Å². The Bertz CT molecular complexity index is 820. The van der Waals surface area contributed by atoms with E-state index >= 15 is 0 Å². The average Bonchev–Trinajstić information content (AvgIpc) is 3.18. The quantitative estimate of drug-likeness (QED) is 0.721. The van der Waals surface area contributed by atoms with Gasteiger partial charge in [-0.15, -0.1) is 0 Å². The van der Waals surface area contributed by atoms with Gasteiger partial charge in [0.2, 0.25) is 0 Å². The summed E-state index contributed by atoms with van der Waals surface area (Å²) in [4.78, 5) is 2.45. The Balaban J connectivity index is 1.74. The fourth-order valence-electron chi connectivity index (χ4n) is 3.90. The SMILES string of the molecule is CN1CC[Si](c2ccc(Cl)cc2)(c2ccc(-c3cn[nH]c3)cc2)CC1. The molecule has 25 heavy (non-hydrogen) atoms. The van der Waals surface area contributed by atoms with Gasteiger partial charge in [0.05, 0.1) is 6.20 Å². The number of nitrogens with zero attached hydrogens (tertiary/aromatic N) is 2. The first kappa shape index (κ1) is 16.6. The molecule has 4 rings (SSSR count). The van der Waals surface area contributed by atoms with E-state index in [0.717, 1.165) is 10.6 Å². The minimum atomic E-state index is -1.73. The zero-order chi connectivity index (χ0) is 17.3. The van der Waals surface area contributed by atoms with Crippen LogP contribution in [-0.4, -0.2) is 43.3 Å². The summed E-state index contributed by atoms with van der Waals surface area (Å²) >= 11 is 6.14. The largest absolute Gasteiger partial charge is 0.307 e. The van der Waals surface area contributed by atoms with Gasteiger partial charge in [0.15, 0.2) is 0 Å². The maximum absolute atomic E-state index is 6.14. The number of aromatic amines is 1. The van der Waals surface area contributed by atoms with E-state index in [2.05, 4.69) is 58.5 Å². The van der Waals surface area contributed by atoms with Gasteiger partial charge in [0.1, 0.15) is 8.07 Å². The van der Waals surface area contributed by atoms with Crippen molar-refractivity contribution in [3.05, 3.63) is 65.9 Å². The van der Waals surface area contributed by atoms with Gasteiger partial charge in [0, 0.05) is 16.8 Å². The third kappa shape index (κ3) is 3.17. The maximum atomic E-state index is 6.14. The predicted molar refractivity (Wildman–Crippen MR) is 108 cm³/mol. The molecular formula is C20H22ClN3Si. The molecule has 0 unspecified atom stereocenters. The van der Waals surface area contributed by atoms with Crippen LogP contribution in [0.1, 0.15) is 0 Å². The second-order valence-electron chi connectivity index (χ2n) is 6.96. The van der Waals surface area contributed by atoms with E-state index in [1.54, 1.807) is 0 Å². The van der Waals surface area contributed by atoms with Crippen LogP contribution >= 0.6 is 11.6 Å². The van der Waals surface area contributed by atoms with E-state index < -0.39 is 8.07 Å². The Labute approximate surface area is 154 Å². The minimum absolute atomic E-state index is 0.816. The maximum Gasteiger partial charge on any atom is 0.120 e. The second-order valence-corrected chi connectivity index (χ2v) is 11.7. The first-order chi connectivity index (χ1) is 12.2. The highest BCUT2D eigenvalue weighted by Gasteiger charge is 2.39. The molecule has 128 valence electrons. The molecule has 2 aromatic carbocycles. The minimum Gasteiger partial charge on any atom is -0.307 e. The summed E-state index contributed by atoms with van der Waals surface area (Å²) in [6.45, 7) is 2.33. The Hall–Kier alpha value is -1.88. The number of benzene rings is 2. The van der Waals surface area contributed by atoms with E-state index in [4.69, 9.17) is 11.6 Å². The van der Waals surface area contributed by atoms with Crippen molar-refractivity contribution < 1.29 is 0 Å². The van der Waals surface area contributed by atoms with Crippen LogP contribution in [0, 0.1) is 0 Å². The molecular weight excluding hydrogens is 346 g/mol. The van der Waals surface area contributed by atoms with Gasteiger partial charge in [-0.05, 0) is 49.9 Å². The van der Waals surface area contributed by atoms with Crippen LogP contribution < -0.4 is 10.4 Å². The lowest BCUT2D eigenvalue weighted by atomic mass is 10.1. The third-order valence-corrected chi connectivity index (χ3v) is 10.8. The lowest BCUT2D eigenvalue weighted by Crippen LogP contribution is -2.62. The highest BCUT2D eigenvalue weighted by atomic mass is 35.5. The molecule has 3 nitrogen and oxygen atoms in total. The predicted octanol–water partition coefficient (Wildman–Crippen LogP) is 3.24. The highest BCUT2D eigenvalue weighted by molar-refractivity contribution is 7.02. The molecule has 1 fully saturated rings. The molecule has 1 aliphatic rings. The molecule has 2 heterocycles. The average molecular weight is 368 g/mol. The van der Waals surface area contributed by atoms with Crippen molar-refractivity contribution in [1.29, 1.82) is 0 Å². The highest BCUT2D eigenvalue weighted by Crippen LogP contribution is 2.24. The summed E-state index contributed by atoms with van der Waals surface area (Å²) in [5, 5.41) is 10.8. The number of hydrogen-bond donors (Lipinski definition) is 1. The third-order valence-electron chi connectivity index (χ3n) is 5.51. The van der Waals surface area contributed by atoms with Crippen molar-refractivity contribution in [2.75, 3.05) is 20.1 Å². The first-order valence-corrected chi connectivity index (χ1v) is 11.5. The molecule has 0 aliphatic carbocycles. The van der Waals surface area contributed by atoms with E-state index in [9.17, 15) is 0 Å². The van der Waals surface area contributed by atoms with Crippen molar-refractivity contribution >= 4 is 30.0 Å². The van der Waals surface area contributed by atoms with Gasteiger partial charge < -0.3 is 4.90 Å². The van der Waals surface area contributed by atoms with Crippen LogP contribution in [-0.2, 0) is 0 Å². The molecule has 1 aliphatic heterocycles. The van der Waals surface area contributed by atoms with Gasteiger partial charge in [-0.2, -0.15) is 5.10 Å². The van der Waals surface area contributed by atoms with E-state index in [1.165, 1.54) is 41.1 Å². The molecule has 1 aromatic heterocycles. The smallest absolute Gasteiger partial charge is 0.120 e. The van der Waals surface area contributed by atoms with Crippen LogP contribution in [0.15, 0.2) is 60.9 Å². The van der Waals surface area contributed by atoms with Crippen LogP contribution in [0.25, 0.3) is 11.1 Å². The van der Waals surface area contributed by atoms with Gasteiger partial charge >= 0.3 is 0 Å². The topological polar surface area (TPSA) is 31.9 Å². The fourth-order valence-corrected chi connectivity index (χ4v) is 8.90. The molecule has 0 bridgehead atoms. The molecule has 1 saturated heterocycles. The lowest BCUT2D eigenvalue weighted by Gasteiger charge is -2.40. The molecule has 0 amide bonds. The number of H-pyrrole nitrogens is 1. The molecule has 0 atom stereocenters. The van der Waals surface area contributed by atoms with Crippen molar-refractivity contribution in [3.63, 3.8) is 0 Å². The Morgan fingerprint density at radius 2 is 1.52 bits per heavy atom. The van der Waals surface area contributed by atoms with Crippen LogP contribution in [0.5, 0.6) is 0 Å².